The molecule has 4 aromatic rings. The Kier molecular flexibility index (Phi) is 5.58. The SMILES string of the molecule is C[Si]1(c2ccccc2)O[Si](C)(c2ccccc2)O[Si](c2ccccc2)(c2ccccc2)O1. The number of hydrogen-bond acceptors (Lipinski definition) is 3. The van der Waals surface area contributed by atoms with Crippen molar-refractivity contribution < 1.29 is 12.3 Å². The van der Waals surface area contributed by atoms with Gasteiger partial charge in [0.2, 0.25) is 0 Å². The van der Waals surface area contributed by atoms with E-state index in [9.17, 15) is 0 Å². The van der Waals surface area contributed by atoms with E-state index >= 15 is 0 Å². The summed E-state index contributed by atoms with van der Waals surface area (Å²) in [7, 11) is -8.74. The van der Waals surface area contributed by atoms with E-state index in [4.69, 9.17) is 12.3 Å². The van der Waals surface area contributed by atoms with Crippen LogP contribution in [0.2, 0.25) is 13.1 Å². The van der Waals surface area contributed by atoms with Crippen molar-refractivity contribution in [3.8, 4) is 0 Å². The average Bonchev–Trinajstić information content (AvgIpc) is 2.86. The first kappa shape index (κ1) is 21.3. The molecule has 0 spiro atoms. The maximum atomic E-state index is 7.20. The molecule has 160 valence electrons. The summed E-state index contributed by atoms with van der Waals surface area (Å²) in [6.45, 7) is 4.35. The number of hydrogen-bond donors (Lipinski definition) is 0. The Morgan fingerprint density at radius 3 is 0.969 bits per heavy atom. The third-order valence-electron chi connectivity index (χ3n) is 5.97. The number of rotatable bonds is 4. The first-order valence-corrected chi connectivity index (χ1v) is 17.3. The molecule has 3 nitrogen and oxygen atoms in total. The Bertz CT molecular complexity index is 1080. The van der Waals surface area contributed by atoms with Crippen molar-refractivity contribution in [2.45, 2.75) is 13.1 Å². The molecule has 2 atom stereocenters. The molecule has 0 amide bonds. The van der Waals surface area contributed by atoms with Gasteiger partial charge in [0, 0.05) is 0 Å². The molecule has 0 saturated carbocycles. The molecule has 6 heteroatoms. The summed E-state index contributed by atoms with van der Waals surface area (Å²) >= 11 is 0. The molecule has 1 heterocycles. The van der Waals surface area contributed by atoms with Crippen LogP contribution < -0.4 is 20.7 Å². The van der Waals surface area contributed by atoms with Crippen molar-refractivity contribution >= 4 is 46.4 Å². The highest BCUT2D eigenvalue weighted by Gasteiger charge is 2.62. The van der Waals surface area contributed by atoms with Gasteiger partial charge in [0.1, 0.15) is 0 Å². The van der Waals surface area contributed by atoms with Crippen LogP contribution in [-0.4, -0.2) is 25.7 Å². The lowest BCUT2D eigenvalue weighted by atomic mass is 10.4. The van der Waals surface area contributed by atoms with Crippen LogP contribution in [0.4, 0.5) is 0 Å². The van der Waals surface area contributed by atoms with E-state index in [1.54, 1.807) is 0 Å². The summed E-state index contributed by atoms with van der Waals surface area (Å²) < 4.78 is 21.4. The van der Waals surface area contributed by atoms with Gasteiger partial charge in [-0.05, 0) is 33.8 Å². The van der Waals surface area contributed by atoms with Crippen LogP contribution in [0, 0.1) is 0 Å². The summed E-state index contributed by atoms with van der Waals surface area (Å²) in [6.07, 6.45) is 0. The molecule has 5 rings (SSSR count). The Morgan fingerprint density at radius 2 is 0.656 bits per heavy atom. The molecule has 0 aliphatic carbocycles. The molecule has 1 fully saturated rings. The molecule has 4 aromatic carbocycles. The van der Waals surface area contributed by atoms with Crippen LogP contribution in [0.3, 0.4) is 0 Å². The minimum absolute atomic E-state index is 1.11. The zero-order valence-corrected chi connectivity index (χ0v) is 21.3. The van der Waals surface area contributed by atoms with Crippen LogP contribution in [0.5, 0.6) is 0 Å². The van der Waals surface area contributed by atoms with Crippen LogP contribution in [-0.2, 0) is 12.3 Å². The molecule has 1 aliphatic rings. The standard InChI is InChI=1S/C26H26O3Si3/c1-30(23-15-7-3-8-16-23)27-31(2,24-17-9-4-10-18-24)29-32(28-30,25-19-11-5-12-20-25)26-21-13-6-14-22-26/h3-22H,1-2H3. The Balaban J connectivity index is 1.77. The lowest BCUT2D eigenvalue weighted by Gasteiger charge is -2.51. The van der Waals surface area contributed by atoms with Crippen molar-refractivity contribution in [2.24, 2.45) is 0 Å². The van der Waals surface area contributed by atoms with Gasteiger partial charge in [0.05, 0.1) is 0 Å². The monoisotopic (exact) mass is 470 g/mol. The van der Waals surface area contributed by atoms with Crippen molar-refractivity contribution in [3.05, 3.63) is 121 Å². The van der Waals surface area contributed by atoms with E-state index in [0.717, 1.165) is 20.7 Å². The van der Waals surface area contributed by atoms with E-state index in [-0.39, 0.29) is 0 Å². The molecule has 0 aromatic heterocycles. The third kappa shape index (κ3) is 3.75. The van der Waals surface area contributed by atoms with Crippen molar-refractivity contribution in [1.82, 2.24) is 0 Å². The summed E-state index contributed by atoms with van der Waals surface area (Å²) in [4.78, 5) is 0. The minimum atomic E-state index is -3.07. The van der Waals surface area contributed by atoms with Gasteiger partial charge >= 0.3 is 25.7 Å². The van der Waals surface area contributed by atoms with Crippen LogP contribution >= 0.6 is 0 Å². The smallest absolute Gasteiger partial charge is 0.389 e. The van der Waals surface area contributed by atoms with Crippen LogP contribution in [0.1, 0.15) is 0 Å². The lowest BCUT2D eigenvalue weighted by Crippen LogP contribution is -2.81. The van der Waals surface area contributed by atoms with Crippen LogP contribution in [0.15, 0.2) is 121 Å². The minimum Gasteiger partial charge on any atom is -0.409 e. The van der Waals surface area contributed by atoms with Crippen molar-refractivity contribution in [3.63, 3.8) is 0 Å². The molecule has 0 bridgehead atoms. The molecule has 0 N–H and O–H groups in total. The highest BCUT2D eigenvalue weighted by atomic mass is 28.5. The summed E-state index contributed by atoms with van der Waals surface area (Å²) in [6, 6.07) is 41.8. The maximum absolute atomic E-state index is 7.20. The van der Waals surface area contributed by atoms with E-state index in [1.165, 1.54) is 0 Å². The average molecular weight is 471 g/mol. The molecule has 0 radical (unpaired) electrons. The highest BCUT2D eigenvalue weighted by Crippen LogP contribution is 2.31. The van der Waals surface area contributed by atoms with Gasteiger partial charge in [-0.15, -0.1) is 0 Å². The van der Waals surface area contributed by atoms with E-state index in [2.05, 4.69) is 110 Å². The molecule has 1 aliphatic heterocycles. The van der Waals surface area contributed by atoms with Gasteiger partial charge in [0.25, 0.3) is 0 Å². The lowest BCUT2D eigenvalue weighted by molar-refractivity contribution is 0.258. The zero-order chi connectivity index (χ0) is 22.1. The maximum Gasteiger partial charge on any atom is 0.389 e. The third-order valence-corrected chi connectivity index (χ3v) is 19.5. The Hall–Kier alpha value is -2.59. The van der Waals surface area contributed by atoms with Gasteiger partial charge in [-0.2, -0.15) is 0 Å². The zero-order valence-electron chi connectivity index (χ0n) is 18.3. The predicted molar refractivity (Wildman–Crippen MR) is 137 cm³/mol. The molecule has 2 unspecified atom stereocenters. The molecule has 1 saturated heterocycles. The summed E-state index contributed by atoms with van der Waals surface area (Å²) in [5.74, 6) is 0. The fraction of sp³-hybridized carbons (Fsp3) is 0.0769. The van der Waals surface area contributed by atoms with Crippen molar-refractivity contribution in [2.75, 3.05) is 0 Å². The molecular formula is C26H26O3Si3. The molecular weight excluding hydrogens is 445 g/mol. The molecule has 32 heavy (non-hydrogen) atoms. The second kappa shape index (κ2) is 8.40. The van der Waals surface area contributed by atoms with Gasteiger partial charge in [-0.25, -0.2) is 0 Å². The normalized spacial score (nSPS) is 24.7. The van der Waals surface area contributed by atoms with Gasteiger partial charge in [0.15, 0.2) is 0 Å². The summed E-state index contributed by atoms with van der Waals surface area (Å²) in [5, 5.41) is 4.47. The second-order valence-corrected chi connectivity index (χ2v) is 18.1. The largest absolute Gasteiger partial charge is 0.409 e. The highest BCUT2D eigenvalue weighted by molar-refractivity contribution is 7.09. The van der Waals surface area contributed by atoms with Crippen LogP contribution in [0.25, 0.3) is 0 Å². The van der Waals surface area contributed by atoms with E-state index in [1.807, 2.05) is 24.3 Å². The van der Waals surface area contributed by atoms with Gasteiger partial charge < -0.3 is 12.3 Å². The summed E-state index contributed by atoms with van der Waals surface area (Å²) in [5.41, 5.74) is 0. The quantitative estimate of drug-likeness (QED) is 0.429. The van der Waals surface area contributed by atoms with Crippen molar-refractivity contribution in [1.29, 1.82) is 0 Å². The van der Waals surface area contributed by atoms with Gasteiger partial charge in [-0.1, -0.05) is 121 Å². The Morgan fingerprint density at radius 1 is 0.375 bits per heavy atom. The Labute approximate surface area is 193 Å². The first-order valence-electron chi connectivity index (χ1n) is 10.9. The first-order chi connectivity index (χ1) is 15.5. The predicted octanol–water partition coefficient (Wildman–Crippen LogP) is 3.26. The fourth-order valence-corrected chi connectivity index (χ4v) is 20.4. The topological polar surface area (TPSA) is 27.7 Å². The van der Waals surface area contributed by atoms with Gasteiger partial charge in [-0.3, -0.25) is 0 Å². The second-order valence-electron chi connectivity index (χ2n) is 8.28. The van der Waals surface area contributed by atoms with E-state index in [0.29, 0.717) is 0 Å². The van der Waals surface area contributed by atoms with E-state index < -0.39 is 25.7 Å². The fourth-order valence-electron chi connectivity index (χ4n) is 4.42. The number of benzene rings is 4.